The van der Waals surface area contributed by atoms with Crippen molar-refractivity contribution in [1.82, 2.24) is 19.6 Å². The van der Waals surface area contributed by atoms with Gasteiger partial charge in [-0.05, 0) is 31.0 Å². The van der Waals surface area contributed by atoms with Crippen LogP contribution in [0.25, 0.3) is 5.69 Å². The molecular weight excluding hydrogens is 312 g/mol. The van der Waals surface area contributed by atoms with E-state index in [1.165, 1.54) is 12.8 Å². The zero-order valence-electron chi connectivity index (χ0n) is 12.9. The van der Waals surface area contributed by atoms with Crippen molar-refractivity contribution in [2.24, 2.45) is 0 Å². The van der Waals surface area contributed by atoms with E-state index in [1.54, 1.807) is 17.1 Å². The topological polar surface area (TPSA) is 41.4 Å². The largest absolute Gasteiger partial charge is 0.336 e. The van der Waals surface area contributed by atoms with Gasteiger partial charge in [-0.1, -0.05) is 17.7 Å². The molecule has 0 bridgehead atoms. The van der Waals surface area contributed by atoms with Gasteiger partial charge in [-0.15, -0.1) is 0 Å². The Morgan fingerprint density at radius 2 is 1.96 bits per heavy atom. The Kier molecular flexibility index (Phi) is 3.83. The summed E-state index contributed by atoms with van der Waals surface area (Å²) in [5.74, 6) is 0.0636. The quantitative estimate of drug-likeness (QED) is 0.868. The SMILES string of the molecule is O=C(c1cnn(-c2cccc(Cl)c2)c1)N1CCN(C2CC2)CC1. The van der Waals surface area contributed by atoms with Gasteiger partial charge in [0.1, 0.15) is 0 Å². The maximum atomic E-state index is 12.6. The van der Waals surface area contributed by atoms with Crippen molar-refractivity contribution in [3.63, 3.8) is 0 Å². The molecule has 1 aromatic carbocycles. The van der Waals surface area contributed by atoms with E-state index in [9.17, 15) is 4.79 Å². The number of carbonyl (C=O) groups excluding carboxylic acids is 1. The molecule has 120 valence electrons. The minimum absolute atomic E-state index is 0.0636. The molecule has 0 unspecified atom stereocenters. The summed E-state index contributed by atoms with van der Waals surface area (Å²) in [7, 11) is 0. The van der Waals surface area contributed by atoms with Crippen LogP contribution in [0.3, 0.4) is 0 Å². The average Bonchev–Trinajstić information content (AvgIpc) is 3.31. The van der Waals surface area contributed by atoms with Crippen LogP contribution in [-0.4, -0.2) is 57.7 Å². The van der Waals surface area contributed by atoms with E-state index in [1.807, 2.05) is 29.2 Å². The van der Waals surface area contributed by atoms with Gasteiger partial charge in [0, 0.05) is 43.4 Å². The van der Waals surface area contributed by atoms with E-state index in [-0.39, 0.29) is 5.91 Å². The summed E-state index contributed by atoms with van der Waals surface area (Å²) in [4.78, 5) is 17.1. The van der Waals surface area contributed by atoms with Crippen LogP contribution in [0.1, 0.15) is 23.2 Å². The highest BCUT2D eigenvalue weighted by Crippen LogP contribution is 2.27. The molecule has 2 fully saturated rings. The Balaban J connectivity index is 1.45. The van der Waals surface area contributed by atoms with Gasteiger partial charge in [-0.2, -0.15) is 5.10 Å². The third-order valence-electron chi connectivity index (χ3n) is 4.57. The number of amides is 1. The highest BCUT2D eigenvalue weighted by Gasteiger charge is 2.32. The molecule has 0 N–H and O–H groups in total. The lowest BCUT2D eigenvalue weighted by atomic mass is 10.2. The molecule has 2 heterocycles. The van der Waals surface area contributed by atoms with Crippen LogP contribution in [0.5, 0.6) is 0 Å². The van der Waals surface area contributed by atoms with Gasteiger partial charge in [0.15, 0.2) is 0 Å². The summed E-state index contributed by atoms with van der Waals surface area (Å²) in [6.45, 7) is 3.58. The van der Waals surface area contributed by atoms with Crippen LogP contribution in [0, 0.1) is 0 Å². The van der Waals surface area contributed by atoms with Crippen molar-refractivity contribution < 1.29 is 4.79 Å². The Hall–Kier alpha value is -1.85. The van der Waals surface area contributed by atoms with Crippen LogP contribution in [-0.2, 0) is 0 Å². The monoisotopic (exact) mass is 330 g/mol. The summed E-state index contributed by atoms with van der Waals surface area (Å²) < 4.78 is 1.69. The molecule has 0 atom stereocenters. The molecule has 2 aliphatic rings. The van der Waals surface area contributed by atoms with Gasteiger partial charge in [-0.3, -0.25) is 9.69 Å². The van der Waals surface area contributed by atoms with Crippen LogP contribution >= 0.6 is 11.6 Å². The number of piperazine rings is 1. The Morgan fingerprint density at radius 3 is 2.65 bits per heavy atom. The van der Waals surface area contributed by atoms with Gasteiger partial charge in [0.2, 0.25) is 0 Å². The first kappa shape index (κ1) is 14.7. The molecule has 2 aromatic rings. The number of hydrogen-bond acceptors (Lipinski definition) is 3. The summed E-state index contributed by atoms with van der Waals surface area (Å²) in [5.41, 5.74) is 1.49. The zero-order valence-corrected chi connectivity index (χ0v) is 13.6. The summed E-state index contributed by atoms with van der Waals surface area (Å²) in [6, 6.07) is 8.22. The molecule has 1 aliphatic carbocycles. The Labute approximate surface area is 140 Å². The van der Waals surface area contributed by atoms with Crippen molar-refractivity contribution in [3.8, 4) is 5.69 Å². The highest BCUT2D eigenvalue weighted by atomic mass is 35.5. The number of halogens is 1. The van der Waals surface area contributed by atoms with E-state index in [2.05, 4.69) is 10.00 Å². The van der Waals surface area contributed by atoms with Gasteiger partial charge in [0.05, 0.1) is 17.4 Å². The number of rotatable bonds is 3. The standard InChI is InChI=1S/C17H19ClN4O/c18-14-2-1-3-16(10-14)22-12-13(11-19-22)17(23)21-8-6-20(7-9-21)15-4-5-15/h1-3,10-12,15H,4-9H2. The first-order chi connectivity index (χ1) is 11.2. The van der Waals surface area contributed by atoms with E-state index < -0.39 is 0 Å². The van der Waals surface area contributed by atoms with E-state index >= 15 is 0 Å². The van der Waals surface area contributed by atoms with Crippen molar-refractivity contribution in [2.45, 2.75) is 18.9 Å². The van der Waals surface area contributed by atoms with E-state index in [0.29, 0.717) is 10.6 Å². The fraction of sp³-hybridized carbons (Fsp3) is 0.412. The molecule has 4 rings (SSSR count). The summed E-state index contributed by atoms with van der Waals surface area (Å²) in [6.07, 6.45) is 6.05. The van der Waals surface area contributed by atoms with Crippen LogP contribution in [0.4, 0.5) is 0 Å². The van der Waals surface area contributed by atoms with Crippen molar-refractivity contribution in [1.29, 1.82) is 0 Å². The number of carbonyl (C=O) groups is 1. The molecule has 1 aliphatic heterocycles. The lowest BCUT2D eigenvalue weighted by Crippen LogP contribution is -2.49. The number of hydrogen-bond donors (Lipinski definition) is 0. The second-order valence-corrected chi connectivity index (χ2v) is 6.65. The molecule has 0 radical (unpaired) electrons. The maximum absolute atomic E-state index is 12.6. The smallest absolute Gasteiger partial charge is 0.257 e. The molecule has 5 nitrogen and oxygen atoms in total. The summed E-state index contributed by atoms with van der Waals surface area (Å²) >= 11 is 6.01. The predicted molar refractivity (Wildman–Crippen MR) is 89.1 cm³/mol. The molecule has 1 saturated heterocycles. The maximum Gasteiger partial charge on any atom is 0.257 e. The third kappa shape index (κ3) is 3.12. The number of aromatic nitrogens is 2. The number of benzene rings is 1. The second-order valence-electron chi connectivity index (χ2n) is 6.21. The van der Waals surface area contributed by atoms with Gasteiger partial charge in [0.25, 0.3) is 5.91 Å². The fourth-order valence-electron chi connectivity index (χ4n) is 3.11. The molecule has 0 spiro atoms. The van der Waals surface area contributed by atoms with Gasteiger partial charge < -0.3 is 4.90 Å². The predicted octanol–water partition coefficient (Wildman–Crippen LogP) is 2.45. The summed E-state index contributed by atoms with van der Waals surface area (Å²) in [5, 5.41) is 4.95. The molecule has 1 aromatic heterocycles. The first-order valence-electron chi connectivity index (χ1n) is 8.05. The minimum atomic E-state index is 0.0636. The average molecular weight is 331 g/mol. The molecular formula is C17H19ClN4O. The first-order valence-corrected chi connectivity index (χ1v) is 8.42. The van der Waals surface area contributed by atoms with Crippen molar-refractivity contribution >= 4 is 17.5 Å². The Morgan fingerprint density at radius 1 is 1.17 bits per heavy atom. The molecule has 1 saturated carbocycles. The van der Waals surface area contributed by atoms with Crippen LogP contribution in [0.2, 0.25) is 5.02 Å². The normalized spacial score (nSPS) is 19.1. The lowest BCUT2D eigenvalue weighted by molar-refractivity contribution is 0.0627. The third-order valence-corrected chi connectivity index (χ3v) is 4.80. The molecule has 23 heavy (non-hydrogen) atoms. The Bertz CT molecular complexity index is 717. The zero-order chi connectivity index (χ0) is 15.8. The lowest BCUT2D eigenvalue weighted by Gasteiger charge is -2.34. The highest BCUT2D eigenvalue weighted by molar-refractivity contribution is 6.30. The van der Waals surface area contributed by atoms with E-state index in [4.69, 9.17) is 11.6 Å². The number of nitrogens with zero attached hydrogens (tertiary/aromatic N) is 4. The van der Waals surface area contributed by atoms with E-state index in [0.717, 1.165) is 37.9 Å². The minimum Gasteiger partial charge on any atom is -0.336 e. The fourth-order valence-corrected chi connectivity index (χ4v) is 3.29. The second kappa shape index (κ2) is 5.98. The van der Waals surface area contributed by atoms with Crippen molar-refractivity contribution in [2.75, 3.05) is 26.2 Å². The van der Waals surface area contributed by atoms with Crippen LogP contribution in [0.15, 0.2) is 36.7 Å². The van der Waals surface area contributed by atoms with Crippen LogP contribution < -0.4 is 0 Å². The van der Waals surface area contributed by atoms with Gasteiger partial charge >= 0.3 is 0 Å². The van der Waals surface area contributed by atoms with Crippen molar-refractivity contribution in [3.05, 3.63) is 47.2 Å². The molecule has 6 heteroatoms. The van der Waals surface area contributed by atoms with Gasteiger partial charge in [-0.25, -0.2) is 4.68 Å². The molecule has 1 amide bonds.